The van der Waals surface area contributed by atoms with E-state index in [4.69, 9.17) is 5.73 Å². The zero-order valence-corrected chi connectivity index (χ0v) is 11.9. The predicted octanol–water partition coefficient (Wildman–Crippen LogP) is 3.27. The maximum absolute atomic E-state index is 11.8. The Morgan fingerprint density at radius 3 is 2.53 bits per heavy atom. The molecule has 1 aliphatic rings. The van der Waals surface area contributed by atoms with Crippen LogP contribution in [0.5, 0.6) is 0 Å². The van der Waals surface area contributed by atoms with Gasteiger partial charge in [-0.3, -0.25) is 4.79 Å². The molecule has 1 amide bonds. The number of carbonyl (C=O) groups excluding carboxylic acids is 1. The lowest BCUT2D eigenvalue weighted by molar-refractivity contribution is -0.116. The summed E-state index contributed by atoms with van der Waals surface area (Å²) in [4.78, 5) is 11.8. The minimum Gasteiger partial charge on any atom is -0.327 e. The van der Waals surface area contributed by atoms with Gasteiger partial charge in [0.05, 0.1) is 0 Å². The van der Waals surface area contributed by atoms with Gasteiger partial charge in [0.15, 0.2) is 0 Å². The summed E-state index contributed by atoms with van der Waals surface area (Å²) in [5.74, 6) is 1.15. The second-order valence-electron chi connectivity index (χ2n) is 5.68. The van der Waals surface area contributed by atoms with Gasteiger partial charge in [0.1, 0.15) is 0 Å². The molecule has 3 heteroatoms. The highest BCUT2D eigenvalue weighted by Crippen LogP contribution is 2.32. The summed E-state index contributed by atoms with van der Waals surface area (Å²) >= 11 is 0. The van der Waals surface area contributed by atoms with Gasteiger partial charge in [0, 0.05) is 18.2 Å². The van der Waals surface area contributed by atoms with Crippen LogP contribution in [0.15, 0.2) is 24.3 Å². The first-order valence-electron chi connectivity index (χ1n) is 7.25. The number of benzene rings is 1. The number of nitrogens with two attached hydrogens (primary N) is 1. The van der Waals surface area contributed by atoms with Crippen molar-refractivity contribution in [2.24, 2.45) is 11.7 Å². The van der Waals surface area contributed by atoms with Gasteiger partial charge in [-0.2, -0.15) is 0 Å². The Morgan fingerprint density at radius 1 is 1.37 bits per heavy atom. The number of hydrogen-bond donors (Lipinski definition) is 2. The summed E-state index contributed by atoms with van der Waals surface area (Å²) in [5.41, 5.74) is 8.13. The third-order valence-electron chi connectivity index (χ3n) is 4.02. The van der Waals surface area contributed by atoms with Crippen molar-refractivity contribution in [3.05, 3.63) is 29.8 Å². The third kappa shape index (κ3) is 4.06. The monoisotopic (exact) mass is 260 g/mol. The molecule has 2 atom stereocenters. The van der Waals surface area contributed by atoms with E-state index in [9.17, 15) is 4.79 Å². The largest absolute Gasteiger partial charge is 0.327 e. The SMILES string of the molecule is CCC(C)c1ccc(NC(=O)CC(N)C2CC2)cc1. The van der Waals surface area contributed by atoms with Crippen molar-refractivity contribution in [2.45, 2.75) is 51.5 Å². The summed E-state index contributed by atoms with van der Waals surface area (Å²) in [6, 6.07) is 8.15. The van der Waals surface area contributed by atoms with Crippen molar-refractivity contribution < 1.29 is 4.79 Å². The summed E-state index contributed by atoms with van der Waals surface area (Å²) in [7, 11) is 0. The fraction of sp³-hybridized carbons (Fsp3) is 0.562. The molecule has 0 radical (unpaired) electrons. The Morgan fingerprint density at radius 2 is 2.00 bits per heavy atom. The molecule has 0 aliphatic heterocycles. The van der Waals surface area contributed by atoms with Crippen LogP contribution in [0, 0.1) is 5.92 Å². The molecule has 0 bridgehead atoms. The van der Waals surface area contributed by atoms with Crippen LogP contribution in [0.25, 0.3) is 0 Å². The first-order valence-corrected chi connectivity index (χ1v) is 7.25. The molecule has 1 aromatic rings. The van der Waals surface area contributed by atoms with E-state index in [1.54, 1.807) is 0 Å². The second kappa shape index (κ2) is 6.20. The van der Waals surface area contributed by atoms with Crippen LogP contribution in [0.3, 0.4) is 0 Å². The molecule has 2 rings (SSSR count). The van der Waals surface area contributed by atoms with Gasteiger partial charge in [-0.25, -0.2) is 0 Å². The smallest absolute Gasteiger partial charge is 0.225 e. The third-order valence-corrected chi connectivity index (χ3v) is 4.02. The lowest BCUT2D eigenvalue weighted by Gasteiger charge is -2.12. The van der Waals surface area contributed by atoms with Crippen LogP contribution in [0.4, 0.5) is 5.69 Å². The normalized spacial score (nSPS) is 17.8. The summed E-state index contributed by atoms with van der Waals surface area (Å²) in [6.07, 6.45) is 3.91. The second-order valence-corrected chi connectivity index (χ2v) is 5.68. The first kappa shape index (κ1) is 14.1. The maximum Gasteiger partial charge on any atom is 0.225 e. The van der Waals surface area contributed by atoms with E-state index in [1.165, 1.54) is 18.4 Å². The Balaban J connectivity index is 1.86. The topological polar surface area (TPSA) is 55.1 Å². The van der Waals surface area contributed by atoms with Crippen molar-refractivity contribution in [2.75, 3.05) is 5.32 Å². The average Bonchev–Trinajstić information content (AvgIpc) is 3.22. The lowest BCUT2D eigenvalue weighted by Crippen LogP contribution is -2.28. The molecule has 1 aliphatic carbocycles. The van der Waals surface area contributed by atoms with Gasteiger partial charge in [0.2, 0.25) is 5.91 Å². The molecule has 1 aromatic carbocycles. The summed E-state index contributed by atoms with van der Waals surface area (Å²) in [6.45, 7) is 4.39. The average molecular weight is 260 g/mol. The van der Waals surface area contributed by atoms with Crippen LogP contribution in [-0.2, 0) is 4.79 Å². The maximum atomic E-state index is 11.8. The fourth-order valence-electron chi connectivity index (χ4n) is 2.25. The van der Waals surface area contributed by atoms with Gasteiger partial charge >= 0.3 is 0 Å². The molecular weight excluding hydrogens is 236 g/mol. The zero-order valence-electron chi connectivity index (χ0n) is 11.9. The number of hydrogen-bond acceptors (Lipinski definition) is 2. The van der Waals surface area contributed by atoms with E-state index < -0.39 is 0 Å². The Bertz CT molecular complexity index is 423. The van der Waals surface area contributed by atoms with E-state index in [2.05, 4.69) is 31.3 Å². The molecular formula is C16H24N2O. The minimum atomic E-state index is 0.0238. The number of carbonyl (C=O) groups is 1. The van der Waals surface area contributed by atoms with Gasteiger partial charge in [0.25, 0.3) is 0 Å². The molecule has 2 unspecified atom stereocenters. The van der Waals surface area contributed by atoms with E-state index in [0.29, 0.717) is 18.3 Å². The van der Waals surface area contributed by atoms with Gasteiger partial charge < -0.3 is 11.1 Å². The number of amides is 1. The molecule has 0 heterocycles. The Kier molecular flexibility index (Phi) is 4.59. The minimum absolute atomic E-state index is 0.0238. The number of rotatable bonds is 6. The summed E-state index contributed by atoms with van der Waals surface area (Å²) in [5, 5.41) is 2.92. The molecule has 0 saturated heterocycles. The van der Waals surface area contributed by atoms with Crippen molar-refractivity contribution in [1.29, 1.82) is 0 Å². The van der Waals surface area contributed by atoms with E-state index in [-0.39, 0.29) is 11.9 Å². The van der Waals surface area contributed by atoms with Crippen molar-refractivity contribution in [3.8, 4) is 0 Å². The highest BCUT2D eigenvalue weighted by Gasteiger charge is 2.29. The highest BCUT2D eigenvalue weighted by molar-refractivity contribution is 5.91. The molecule has 3 nitrogen and oxygen atoms in total. The van der Waals surface area contributed by atoms with Gasteiger partial charge in [-0.15, -0.1) is 0 Å². The van der Waals surface area contributed by atoms with Gasteiger partial charge in [-0.05, 0) is 48.8 Å². The molecule has 0 aromatic heterocycles. The van der Waals surface area contributed by atoms with Crippen LogP contribution in [0.1, 0.15) is 51.0 Å². The molecule has 1 saturated carbocycles. The van der Waals surface area contributed by atoms with Crippen LogP contribution in [0.2, 0.25) is 0 Å². The molecule has 1 fully saturated rings. The van der Waals surface area contributed by atoms with Crippen LogP contribution in [-0.4, -0.2) is 11.9 Å². The van der Waals surface area contributed by atoms with Gasteiger partial charge in [-0.1, -0.05) is 26.0 Å². The quantitative estimate of drug-likeness (QED) is 0.824. The predicted molar refractivity (Wildman–Crippen MR) is 79.1 cm³/mol. The number of anilines is 1. The van der Waals surface area contributed by atoms with E-state index in [0.717, 1.165) is 12.1 Å². The van der Waals surface area contributed by atoms with E-state index >= 15 is 0 Å². The van der Waals surface area contributed by atoms with Crippen LogP contribution >= 0.6 is 0 Å². The first-order chi connectivity index (χ1) is 9.10. The summed E-state index contributed by atoms with van der Waals surface area (Å²) < 4.78 is 0. The number of nitrogens with one attached hydrogen (secondary N) is 1. The molecule has 19 heavy (non-hydrogen) atoms. The van der Waals surface area contributed by atoms with E-state index in [1.807, 2.05) is 12.1 Å². The van der Waals surface area contributed by atoms with Crippen molar-refractivity contribution >= 4 is 11.6 Å². The molecule has 3 N–H and O–H groups in total. The Labute approximate surface area is 115 Å². The lowest BCUT2D eigenvalue weighted by atomic mass is 9.98. The molecule has 0 spiro atoms. The highest BCUT2D eigenvalue weighted by atomic mass is 16.1. The zero-order chi connectivity index (χ0) is 13.8. The van der Waals surface area contributed by atoms with Crippen molar-refractivity contribution in [3.63, 3.8) is 0 Å². The molecule has 104 valence electrons. The fourth-order valence-corrected chi connectivity index (χ4v) is 2.25. The Hall–Kier alpha value is -1.35. The van der Waals surface area contributed by atoms with Crippen molar-refractivity contribution in [1.82, 2.24) is 0 Å². The standard InChI is InChI=1S/C16H24N2O/c1-3-11(2)12-6-8-14(9-7-12)18-16(19)10-15(17)13-4-5-13/h6-9,11,13,15H,3-5,10,17H2,1-2H3,(H,18,19). The van der Waals surface area contributed by atoms with Crippen LogP contribution < -0.4 is 11.1 Å².